The molecule has 0 aromatic rings. The molecule has 0 aliphatic carbocycles. The Labute approximate surface area is 97.9 Å². The molecule has 0 saturated carbocycles. The van der Waals surface area contributed by atoms with Crippen LogP contribution in [0.3, 0.4) is 0 Å². The van der Waals surface area contributed by atoms with Crippen molar-refractivity contribution < 1.29 is 20.4 Å². The summed E-state index contributed by atoms with van der Waals surface area (Å²) in [5, 5.41) is 35.3. The molecule has 98 valence electrons. The lowest BCUT2D eigenvalue weighted by atomic mass is 10.1. The first-order valence-corrected chi connectivity index (χ1v) is 6.28. The number of aliphatic hydroxyl groups is 4. The van der Waals surface area contributed by atoms with E-state index in [9.17, 15) is 0 Å². The molecule has 4 N–H and O–H groups in total. The molecule has 0 radical (unpaired) electrons. The summed E-state index contributed by atoms with van der Waals surface area (Å²) in [6, 6.07) is 0. The van der Waals surface area contributed by atoms with E-state index in [0.717, 1.165) is 38.5 Å². The molecule has 0 bridgehead atoms. The first-order valence-electron chi connectivity index (χ1n) is 6.28. The minimum atomic E-state index is -0.556. The van der Waals surface area contributed by atoms with Crippen molar-refractivity contribution >= 4 is 0 Å². The van der Waals surface area contributed by atoms with Crippen LogP contribution in [-0.2, 0) is 0 Å². The second-order valence-corrected chi connectivity index (χ2v) is 4.37. The molecule has 0 fully saturated rings. The van der Waals surface area contributed by atoms with Crippen molar-refractivity contribution in [1.29, 1.82) is 0 Å². The van der Waals surface area contributed by atoms with Gasteiger partial charge >= 0.3 is 0 Å². The van der Waals surface area contributed by atoms with E-state index in [1.54, 1.807) is 0 Å². The quantitative estimate of drug-likeness (QED) is 0.399. The molecule has 0 saturated heterocycles. The maximum Gasteiger partial charge on any atom is 0.0770 e. The normalized spacial score (nSPS) is 15.0. The van der Waals surface area contributed by atoms with E-state index in [1.165, 1.54) is 0 Å². The van der Waals surface area contributed by atoms with E-state index in [-0.39, 0.29) is 13.2 Å². The van der Waals surface area contributed by atoms with Crippen LogP contribution in [0.5, 0.6) is 0 Å². The molecule has 16 heavy (non-hydrogen) atoms. The molecule has 0 aliphatic rings. The first kappa shape index (κ1) is 15.8. The van der Waals surface area contributed by atoms with Gasteiger partial charge in [0.2, 0.25) is 0 Å². The second kappa shape index (κ2) is 11.3. The standard InChI is InChI=1S/C12H26O4/c13-9-11(15)7-5-3-1-2-4-6-8-12(16)10-14/h11-16H,1-10H2. The third-order valence-corrected chi connectivity index (χ3v) is 2.75. The van der Waals surface area contributed by atoms with Gasteiger partial charge in [-0.05, 0) is 12.8 Å². The summed E-state index contributed by atoms with van der Waals surface area (Å²) in [6.07, 6.45) is 6.60. The monoisotopic (exact) mass is 234 g/mol. The van der Waals surface area contributed by atoms with Crippen molar-refractivity contribution in [1.82, 2.24) is 0 Å². The number of hydrogen-bond donors (Lipinski definition) is 4. The molecular weight excluding hydrogens is 208 g/mol. The topological polar surface area (TPSA) is 80.9 Å². The molecule has 0 aliphatic heterocycles. The number of aliphatic hydroxyl groups excluding tert-OH is 4. The third kappa shape index (κ3) is 10.4. The third-order valence-electron chi connectivity index (χ3n) is 2.75. The van der Waals surface area contributed by atoms with Crippen LogP contribution >= 0.6 is 0 Å². The Morgan fingerprint density at radius 2 is 0.875 bits per heavy atom. The van der Waals surface area contributed by atoms with Gasteiger partial charge in [-0.1, -0.05) is 38.5 Å². The van der Waals surface area contributed by atoms with E-state index in [4.69, 9.17) is 20.4 Å². The van der Waals surface area contributed by atoms with Crippen molar-refractivity contribution in [3.63, 3.8) is 0 Å². The number of unbranched alkanes of at least 4 members (excludes halogenated alkanes) is 5. The second-order valence-electron chi connectivity index (χ2n) is 4.37. The first-order chi connectivity index (χ1) is 7.70. The molecule has 4 nitrogen and oxygen atoms in total. The van der Waals surface area contributed by atoms with Crippen LogP contribution in [0.1, 0.15) is 51.4 Å². The highest BCUT2D eigenvalue weighted by molar-refractivity contribution is 4.55. The van der Waals surface area contributed by atoms with Crippen molar-refractivity contribution in [3.05, 3.63) is 0 Å². The van der Waals surface area contributed by atoms with E-state index in [1.807, 2.05) is 0 Å². The van der Waals surface area contributed by atoms with Gasteiger partial charge in [-0.15, -0.1) is 0 Å². The van der Waals surface area contributed by atoms with Gasteiger partial charge in [-0.3, -0.25) is 0 Å². The van der Waals surface area contributed by atoms with E-state index >= 15 is 0 Å². The van der Waals surface area contributed by atoms with Gasteiger partial charge < -0.3 is 20.4 Å². The summed E-state index contributed by atoms with van der Waals surface area (Å²) in [4.78, 5) is 0. The molecule has 0 heterocycles. The van der Waals surface area contributed by atoms with Crippen LogP contribution in [0.15, 0.2) is 0 Å². The lowest BCUT2D eigenvalue weighted by Crippen LogP contribution is -2.11. The van der Waals surface area contributed by atoms with E-state index in [2.05, 4.69) is 0 Å². The minimum absolute atomic E-state index is 0.140. The molecule has 0 rings (SSSR count). The summed E-state index contributed by atoms with van der Waals surface area (Å²) in [5.41, 5.74) is 0. The fourth-order valence-electron chi connectivity index (χ4n) is 1.65. The highest BCUT2D eigenvalue weighted by atomic mass is 16.3. The zero-order valence-corrected chi connectivity index (χ0v) is 10.0. The van der Waals surface area contributed by atoms with Crippen molar-refractivity contribution in [2.45, 2.75) is 63.6 Å². The highest BCUT2D eigenvalue weighted by Gasteiger charge is 2.02. The Kier molecular flexibility index (Phi) is 11.2. The van der Waals surface area contributed by atoms with E-state index in [0.29, 0.717) is 12.8 Å². The summed E-state index contributed by atoms with van der Waals surface area (Å²) in [7, 11) is 0. The van der Waals surface area contributed by atoms with E-state index < -0.39 is 12.2 Å². The summed E-state index contributed by atoms with van der Waals surface area (Å²) >= 11 is 0. The molecule has 2 atom stereocenters. The van der Waals surface area contributed by atoms with Crippen LogP contribution in [0, 0.1) is 0 Å². The molecular formula is C12H26O4. The number of hydrogen-bond acceptors (Lipinski definition) is 4. The van der Waals surface area contributed by atoms with Crippen LogP contribution in [0.2, 0.25) is 0 Å². The molecule has 0 aromatic carbocycles. The Hall–Kier alpha value is -0.160. The fourth-order valence-corrected chi connectivity index (χ4v) is 1.65. The highest BCUT2D eigenvalue weighted by Crippen LogP contribution is 2.10. The van der Waals surface area contributed by atoms with Crippen LogP contribution in [0.25, 0.3) is 0 Å². The Bertz CT molecular complexity index is 125. The molecule has 0 spiro atoms. The zero-order chi connectivity index (χ0) is 12.2. The SMILES string of the molecule is OCC(O)CCCCCCCCC(O)CO. The van der Waals surface area contributed by atoms with Crippen LogP contribution in [-0.4, -0.2) is 45.8 Å². The average molecular weight is 234 g/mol. The maximum atomic E-state index is 9.09. The Morgan fingerprint density at radius 1 is 0.562 bits per heavy atom. The summed E-state index contributed by atoms with van der Waals surface area (Å²) < 4.78 is 0. The molecule has 0 amide bonds. The molecule has 2 unspecified atom stereocenters. The van der Waals surface area contributed by atoms with Gasteiger partial charge in [0.1, 0.15) is 0 Å². The number of rotatable bonds is 11. The molecule has 0 aromatic heterocycles. The Morgan fingerprint density at radius 3 is 1.19 bits per heavy atom. The smallest absolute Gasteiger partial charge is 0.0770 e. The minimum Gasteiger partial charge on any atom is -0.394 e. The van der Waals surface area contributed by atoms with Gasteiger partial charge in [0.15, 0.2) is 0 Å². The van der Waals surface area contributed by atoms with Gasteiger partial charge in [-0.25, -0.2) is 0 Å². The van der Waals surface area contributed by atoms with Crippen molar-refractivity contribution in [2.75, 3.05) is 13.2 Å². The van der Waals surface area contributed by atoms with Crippen LogP contribution in [0.4, 0.5) is 0 Å². The van der Waals surface area contributed by atoms with Crippen molar-refractivity contribution in [2.24, 2.45) is 0 Å². The lowest BCUT2D eigenvalue weighted by Gasteiger charge is -2.07. The summed E-state index contributed by atoms with van der Waals surface area (Å²) in [6.45, 7) is -0.280. The largest absolute Gasteiger partial charge is 0.394 e. The Balaban J connectivity index is 3.04. The average Bonchev–Trinajstić information content (AvgIpc) is 2.31. The predicted molar refractivity (Wildman–Crippen MR) is 63.1 cm³/mol. The van der Waals surface area contributed by atoms with Gasteiger partial charge in [-0.2, -0.15) is 0 Å². The summed E-state index contributed by atoms with van der Waals surface area (Å²) in [5.74, 6) is 0. The zero-order valence-electron chi connectivity index (χ0n) is 10.0. The fraction of sp³-hybridized carbons (Fsp3) is 1.00. The van der Waals surface area contributed by atoms with Crippen LogP contribution < -0.4 is 0 Å². The van der Waals surface area contributed by atoms with Gasteiger partial charge in [0, 0.05) is 0 Å². The van der Waals surface area contributed by atoms with Gasteiger partial charge in [0.05, 0.1) is 25.4 Å². The lowest BCUT2D eigenvalue weighted by molar-refractivity contribution is 0.0850. The predicted octanol–water partition coefficient (Wildman–Crippen LogP) is 0.814. The van der Waals surface area contributed by atoms with Gasteiger partial charge in [0.25, 0.3) is 0 Å². The van der Waals surface area contributed by atoms with Crippen molar-refractivity contribution in [3.8, 4) is 0 Å². The maximum absolute atomic E-state index is 9.09. The molecule has 4 heteroatoms.